The van der Waals surface area contributed by atoms with Crippen LogP contribution >= 0.6 is 0 Å². The van der Waals surface area contributed by atoms with E-state index in [0.717, 1.165) is 0 Å². The van der Waals surface area contributed by atoms with Crippen LogP contribution in [0.15, 0.2) is 66.1 Å². The Morgan fingerprint density at radius 1 is 0.821 bits per heavy atom. The highest BCUT2D eigenvalue weighted by atomic mass is 32.2. The summed E-state index contributed by atoms with van der Waals surface area (Å²) in [5.41, 5.74) is 9.10. The fourth-order valence-corrected chi connectivity index (χ4v) is 4.21. The SMILES string of the molecule is C1=Cc2ccc3c(c2CC1)CCc1ccccc1-3.O=S(=O)(O)c1ncccn1. The van der Waals surface area contributed by atoms with Gasteiger partial charge in [-0.05, 0) is 65.1 Å². The summed E-state index contributed by atoms with van der Waals surface area (Å²) in [6.07, 6.45) is 11.9. The van der Waals surface area contributed by atoms with Crippen LogP contribution < -0.4 is 0 Å². The molecule has 0 spiro atoms. The second kappa shape index (κ2) is 7.66. The van der Waals surface area contributed by atoms with Gasteiger partial charge in [-0.3, -0.25) is 4.55 Å². The van der Waals surface area contributed by atoms with Crippen molar-refractivity contribution in [2.75, 3.05) is 0 Å². The lowest BCUT2D eigenvalue weighted by molar-refractivity contribution is 0.474. The minimum absolute atomic E-state index is 0.574. The van der Waals surface area contributed by atoms with Crippen molar-refractivity contribution in [3.63, 3.8) is 0 Å². The van der Waals surface area contributed by atoms with Gasteiger partial charge in [0.05, 0.1) is 0 Å². The normalized spacial score (nSPS) is 14.2. The summed E-state index contributed by atoms with van der Waals surface area (Å²) in [4.78, 5) is 6.60. The van der Waals surface area contributed by atoms with E-state index in [-0.39, 0.29) is 0 Å². The molecule has 0 saturated heterocycles. The Bertz CT molecular complexity index is 1140. The molecule has 1 N–H and O–H groups in total. The van der Waals surface area contributed by atoms with Crippen molar-refractivity contribution in [3.8, 4) is 11.1 Å². The van der Waals surface area contributed by atoms with Gasteiger partial charge in [0.2, 0.25) is 0 Å². The van der Waals surface area contributed by atoms with E-state index in [1.54, 1.807) is 11.1 Å². The van der Waals surface area contributed by atoms with Gasteiger partial charge in [0.1, 0.15) is 0 Å². The van der Waals surface area contributed by atoms with Gasteiger partial charge < -0.3 is 0 Å². The molecule has 5 nitrogen and oxygen atoms in total. The van der Waals surface area contributed by atoms with E-state index in [4.69, 9.17) is 4.55 Å². The fraction of sp³-hybridized carbons (Fsp3) is 0.182. The second-order valence-electron chi connectivity index (χ2n) is 6.76. The molecule has 0 saturated carbocycles. The fourth-order valence-electron chi connectivity index (χ4n) is 3.82. The van der Waals surface area contributed by atoms with Gasteiger partial charge in [-0.25, -0.2) is 9.97 Å². The summed E-state index contributed by atoms with van der Waals surface area (Å²) in [5.74, 6) is 0. The van der Waals surface area contributed by atoms with E-state index in [9.17, 15) is 8.42 Å². The number of allylic oxidation sites excluding steroid dienone is 1. The lowest BCUT2D eigenvalue weighted by atomic mass is 9.80. The van der Waals surface area contributed by atoms with Crippen molar-refractivity contribution in [1.82, 2.24) is 9.97 Å². The number of fused-ring (bicyclic) bond motifs is 5. The van der Waals surface area contributed by atoms with Crippen molar-refractivity contribution in [2.45, 2.75) is 30.8 Å². The summed E-state index contributed by atoms with van der Waals surface area (Å²) in [7, 11) is -4.23. The number of aromatic nitrogens is 2. The van der Waals surface area contributed by atoms with Crippen molar-refractivity contribution < 1.29 is 13.0 Å². The summed E-state index contributed by atoms with van der Waals surface area (Å²) in [6.45, 7) is 0. The van der Waals surface area contributed by atoms with Crippen LogP contribution in [0, 0.1) is 0 Å². The Kier molecular flexibility index (Phi) is 5.07. The van der Waals surface area contributed by atoms with E-state index < -0.39 is 15.3 Å². The quantitative estimate of drug-likeness (QED) is 0.497. The van der Waals surface area contributed by atoms with Crippen molar-refractivity contribution in [1.29, 1.82) is 0 Å². The zero-order chi connectivity index (χ0) is 19.6. The maximum absolute atomic E-state index is 10.3. The highest BCUT2D eigenvalue weighted by Crippen LogP contribution is 2.38. The molecule has 2 aliphatic rings. The minimum Gasteiger partial charge on any atom is -0.279 e. The summed E-state index contributed by atoms with van der Waals surface area (Å²) >= 11 is 0. The molecule has 2 aromatic carbocycles. The molecule has 1 heterocycles. The monoisotopic (exact) mass is 392 g/mol. The van der Waals surface area contributed by atoms with E-state index in [1.165, 1.54) is 66.4 Å². The molecule has 1 aromatic heterocycles. The van der Waals surface area contributed by atoms with Gasteiger partial charge in [-0.15, -0.1) is 0 Å². The molecule has 28 heavy (non-hydrogen) atoms. The maximum atomic E-state index is 10.3. The Balaban J connectivity index is 0.000000165. The summed E-state index contributed by atoms with van der Waals surface area (Å²) in [5, 5.41) is -0.574. The number of nitrogens with zero attached hydrogens (tertiary/aromatic N) is 2. The Morgan fingerprint density at radius 3 is 2.36 bits per heavy atom. The number of aryl methyl sites for hydroxylation is 1. The van der Waals surface area contributed by atoms with E-state index in [2.05, 4.69) is 58.5 Å². The van der Waals surface area contributed by atoms with Gasteiger partial charge in [0.25, 0.3) is 5.16 Å². The lowest BCUT2D eigenvalue weighted by Gasteiger charge is -2.25. The highest BCUT2D eigenvalue weighted by Gasteiger charge is 2.20. The molecule has 0 amide bonds. The average molecular weight is 392 g/mol. The molecule has 0 radical (unpaired) electrons. The number of benzene rings is 2. The van der Waals surface area contributed by atoms with Crippen LogP contribution in [0.2, 0.25) is 0 Å². The molecule has 6 heteroatoms. The van der Waals surface area contributed by atoms with Gasteiger partial charge in [-0.2, -0.15) is 8.42 Å². The third kappa shape index (κ3) is 3.74. The number of rotatable bonds is 1. The van der Waals surface area contributed by atoms with Crippen LogP contribution in [-0.4, -0.2) is 22.9 Å². The standard InChI is InChI=1S/C18H16.C4H4N2O3S/c1-3-7-15-13(5-1)9-11-18-16-8-4-2-6-14(16)10-12-17(15)18;7-10(8,9)4-5-2-1-3-6-4/h1-3,5-7,10,12H,4,8-9,11H2;1-3H,(H,7,8,9). The average Bonchev–Trinajstić information content (AvgIpc) is 2.74. The molecule has 0 aliphatic heterocycles. The van der Waals surface area contributed by atoms with Crippen LogP contribution in [0.4, 0.5) is 0 Å². The highest BCUT2D eigenvalue weighted by molar-refractivity contribution is 7.85. The largest absolute Gasteiger partial charge is 0.330 e. The lowest BCUT2D eigenvalue weighted by Crippen LogP contribution is -2.09. The van der Waals surface area contributed by atoms with Gasteiger partial charge >= 0.3 is 10.1 Å². The van der Waals surface area contributed by atoms with Crippen LogP contribution in [0.25, 0.3) is 17.2 Å². The van der Waals surface area contributed by atoms with Gasteiger partial charge in [-0.1, -0.05) is 48.6 Å². The molecule has 0 atom stereocenters. The van der Waals surface area contributed by atoms with Crippen LogP contribution in [-0.2, 0) is 29.4 Å². The van der Waals surface area contributed by atoms with Crippen molar-refractivity contribution in [2.24, 2.45) is 0 Å². The minimum atomic E-state index is -4.23. The molecule has 0 bridgehead atoms. The third-order valence-corrected chi connectivity index (χ3v) is 5.72. The first-order valence-electron chi connectivity index (χ1n) is 9.18. The smallest absolute Gasteiger partial charge is 0.279 e. The van der Waals surface area contributed by atoms with Crippen LogP contribution in [0.3, 0.4) is 0 Å². The Morgan fingerprint density at radius 2 is 1.61 bits per heavy atom. The molecular weight excluding hydrogens is 372 g/mol. The Hall–Kier alpha value is -2.83. The summed E-state index contributed by atoms with van der Waals surface area (Å²) < 4.78 is 28.9. The van der Waals surface area contributed by atoms with E-state index >= 15 is 0 Å². The number of hydrogen-bond donors (Lipinski definition) is 1. The zero-order valence-corrected chi connectivity index (χ0v) is 16.1. The first-order valence-corrected chi connectivity index (χ1v) is 10.6. The Labute approximate surface area is 164 Å². The molecule has 3 aromatic rings. The molecule has 142 valence electrons. The number of hydrogen-bond acceptors (Lipinski definition) is 4. The van der Waals surface area contributed by atoms with E-state index in [0.29, 0.717) is 0 Å². The molecular formula is C22H20N2O3S. The molecule has 5 rings (SSSR count). The third-order valence-electron chi connectivity index (χ3n) is 5.05. The van der Waals surface area contributed by atoms with Crippen LogP contribution in [0.1, 0.15) is 28.7 Å². The van der Waals surface area contributed by atoms with Crippen molar-refractivity contribution >= 4 is 16.2 Å². The van der Waals surface area contributed by atoms with Crippen molar-refractivity contribution in [3.05, 3.63) is 83.2 Å². The van der Waals surface area contributed by atoms with Gasteiger partial charge in [0.15, 0.2) is 0 Å². The summed E-state index contributed by atoms with van der Waals surface area (Å²) in [6, 6.07) is 14.9. The van der Waals surface area contributed by atoms with Crippen LogP contribution in [0.5, 0.6) is 0 Å². The molecule has 2 aliphatic carbocycles. The predicted octanol–water partition coefficient (Wildman–Crippen LogP) is 4.13. The van der Waals surface area contributed by atoms with E-state index in [1.807, 2.05) is 0 Å². The first kappa shape index (κ1) is 18.5. The predicted molar refractivity (Wildman–Crippen MR) is 108 cm³/mol. The second-order valence-corrected chi connectivity index (χ2v) is 8.08. The molecule has 0 fully saturated rings. The zero-order valence-electron chi connectivity index (χ0n) is 15.2. The van der Waals surface area contributed by atoms with Gasteiger partial charge in [0, 0.05) is 12.4 Å². The topological polar surface area (TPSA) is 80.2 Å². The first-order chi connectivity index (χ1) is 13.5. The maximum Gasteiger partial charge on any atom is 0.330 e. The molecule has 0 unspecified atom stereocenters.